The summed E-state index contributed by atoms with van der Waals surface area (Å²) in [5, 5.41) is 6.42. The standard InChI is InChI=1S/C21H25ClN2O2S/c1-13-9-14(2)21(15(3)10-13)24-19(25)11-23-20(26)12-27-16(4)17-5-7-18(22)8-6-17/h5-10,16H,11-12H2,1-4H3,(H,23,26)(H,24,25). The third-order valence-corrected chi connectivity index (χ3v) is 5.64. The summed E-state index contributed by atoms with van der Waals surface area (Å²) < 4.78 is 0. The predicted octanol–water partition coefficient (Wildman–Crippen LogP) is 4.81. The number of hydrogen-bond acceptors (Lipinski definition) is 3. The number of benzene rings is 2. The van der Waals surface area contributed by atoms with Crippen LogP contribution in [0.25, 0.3) is 0 Å². The second kappa shape index (κ2) is 9.81. The summed E-state index contributed by atoms with van der Waals surface area (Å²) in [6.07, 6.45) is 0. The molecule has 0 aromatic heterocycles. The molecule has 2 aromatic rings. The van der Waals surface area contributed by atoms with E-state index in [-0.39, 0.29) is 23.6 Å². The van der Waals surface area contributed by atoms with Crippen molar-refractivity contribution in [1.82, 2.24) is 5.32 Å². The van der Waals surface area contributed by atoms with Crippen LogP contribution >= 0.6 is 23.4 Å². The third kappa shape index (κ3) is 6.60. The molecule has 2 amide bonds. The Morgan fingerprint density at radius 3 is 2.22 bits per heavy atom. The molecule has 27 heavy (non-hydrogen) atoms. The van der Waals surface area contributed by atoms with E-state index in [0.717, 1.165) is 27.9 Å². The van der Waals surface area contributed by atoms with Crippen LogP contribution in [0.4, 0.5) is 5.69 Å². The molecule has 0 aliphatic rings. The lowest BCUT2D eigenvalue weighted by molar-refractivity contribution is -0.122. The van der Waals surface area contributed by atoms with Crippen molar-refractivity contribution in [2.45, 2.75) is 32.9 Å². The van der Waals surface area contributed by atoms with Gasteiger partial charge in [0.2, 0.25) is 11.8 Å². The average molecular weight is 405 g/mol. The van der Waals surface area contributed by atoms with Gasteiger partial charge in [0.05, 0.1) is 12.3 Å². The quantitative estimate of drug-likeness (QED) is 0.695. The molecule has 2 aromatic carbocycles. The Hall–Kier alpha value is -1.98. The van der Waals surface area contributed by atoms with Crippen molar-refractivity contribution in [2.75, 3.05) is 17.6 Å². The summed E-state index contributed by atoms with van der Waals surface area (Å²) >= 11 is 7.41. The van der Waals surface area contributed by atoms with Gasteiger partial charge < -0.3 is 10.6 Å². The van der Waals surface area contributed by atoms with Gasteiger partial charge in [-0.2, -0.15) is 0 Å². The fraction of sp³-hybridized carbons (Fsp3) is 0.333. The molecule has 0 saturated carbocycles. The van der Waals surface area contributed by atoms with Crippen LogP contribution in [0.2, 0.25) is 5.02 Å². The largest absolute Gasteiger partial charge is 0.346 e. The highest BCUT2D eigenvalue weighted by Crippen LogP contribution is 2.28. The van der Waals surface area contributed by atoms with Crippen molar-refractivity contribution in [3.05, 3.63) is 63.7 Å². The van der Waals surface area contributed by atoms with Crippen LogP contribution in [-0.4, -0.2) is 24.1 Å². The first kappa shape index (κ1) is 21.3. The zero-order valence-corrected chi connectivity index (χ0v) is 17.6. The predicted molar refractivity (Wildman–Crippen MR) is 115 cm³/mol. The van der Waals surface area contributed by atoms with Gasteiger partial charge in [0, 0.05) is 16.0 Å². The van der Waals surface area contributed by atoms with Gasteiger partial charge in [-0.3, -0.25) is 9.59 Å². The molecule has 0 radical (unpaired) electrons. The zero-order chi connectivity index (χ0) is 20.0. The number of nitrogens with one attached hydrogen (secondary N) is 2. The molecule has 6 heteroatoms. The van der Waals surface area contributed by atoms with E-state index >= 15 is 0 Å². The molecule has 1 unspecified atom stereocenters. The van der Waals surface area contributed by atoms with E-state index in [0.29, 0.717) is 10.8 Å². The first-order valence-electron chi connectivity index (χ1n) is 8.77. The normalized spacial score (nSPS) is 11.7. The minimum absolute atomic E-state index is 0.0402. The van der Waals surface area contributed by atoms with Gasteiger partial charge in [-0.1, -0.05) is 41.4 Å². The Labute approximate surface area is 170 Å². The number of amides is 2. The van der Waals surface area contributed by atoms with E-state index in [9.17, 15) is 9.59 Å². The highest BCUT2D eigenvalue weighted by molar-refractivity contribution is 8.00. The van der Waals surface area contributed by atoms with Crippen molar-refractivity contribution >= 4 is 40.9 Å². The van der Waals surface area contributed by atoms with Gasteiger partial charge in [-0.15, -0.1) is 11.8 Å². The van der Waals surface area contributed by atoms with Crippen molar-refractivity contribution in [3.8, 4) is 0 Å². The molecule has 1 atom stereocenters. The molecule has 4 nitrogen and oxygen atoms in total. The Balaban J connectivity index is 1.78. The van der Waals surface area contributed by atoms with Gasteiger partial charge >= 0.3 is 0 Å². The highest BCUT2D eigenvalue weighted by atomic mass is 35.5. The first-order chi connectivity index (χ1) is 12.8. The summed E-state index contributed by atoms with van der Waals surface area (Å²) in [5.41, 5.74) is 5.10. The van der Waals surface area contributed by atoms with Crippen LogP contribution in [0.3, 0.4) is 0 Å². The van der Waals surface area contributed by atoms with Gasteiger partial charge in [0.15, 0.2) is 0 Å². The molecule has 144 valence electrons. The second-order valence-electron chi connectivity index (χ2n) is 6.60. The topological polar surface area (TPSA) is 58.2 Å². The van der Waals surface area contributed by atoms with Crippen LogP contribution in [-0.2, 0) is 9.59 Å². The number of thioether (sulfide) groups is 1. The SMILES string of the molecule is Cc1cc(C)c(NC(=O)CNC(=O)CSC(C)c2ccc(Cl)cc2)c(C)c1. The lowest BCUT2D eigenvalue weighted by Gasteiger charge is -2.14. The van der Waals surface area contributed by atoms with Crippen molar-refractivity contribution in [1.29, 1.82) is 0 Å². The average Bonchev–Trinajstić information content (AvgIpc) is 2.61. The van der Waals surface area contributed by atoms with E-state index < -0.39 is 0 Å². The molecule has 0 bridgehead atoms. The highest BCUT2D eigenvalue weighted by Gasteiger charge is 2.12. The van der Waals surface area contributed by atoms with Crippen LogP contribution < -0.4 is 10.6 Å². The Bertz CT molecular complexity index is 798. The van der Waals surface area contributed by atoms with Crippen molar-refractivity contribution < 1.29 is 9.59 Å². The minimum atomic E-state index is -0.228. The Kier molecular flexibility index (Phi) is 7.75. The smallest absolute Gasteiger partial charge is 0.243 e. The molecule has 0 aliphatic carbocycles. The van der Waals surface area contributed by atoms with Gasteiger partial charge in [-0.05, 0) is 56.5 Å². The van der Waals surface area contributed by atoms with Crippen LogP contribution in [0, 0.1) is 20.8 Å². The lowest BCUT2D eigenvalue weighted by Crippen LogP contribution is -2.34. The van der Waals surface area contributed by atoms with Gasteiger partial charge in [0.1, 0.15) is 0 Å². The fourth-order valence-corrected chi connectivity index (χ4v) is 3.80. The number of hydrogen-bond donors (Lipinski definition) is 2. The number of halogens is 1. The zero-order valence-electron chi connectivity index (χ0n) is 16.1. The Morgan fingerprint density at radius 1 is 1.04 bits per heavy atom. The molecule has 0 saturated heterocycles. The molecule has 0 fully saturated rings. The van der Waals surface area contributed by atoms with Crippen LogP contribution in [0.1, 0.15) is 34.4 Å². The summed E-state index contributed by atoms with van der Waals surface area (Å²) in [6.45, 7) is 7.94. The molecular weight excluding hydrogens is 380 g/mol. The van der Waals surface area contributed by atoms with Crippen molar-refractivity contribution in [3.63, 3.8) is 0 Å². The fourth-order valence-electron chi connectivity index (χ4n) is 2.82. The number of rotatable bonds is 7. The minimum Gasteiger partial charge on any atom is -0.346 e. The van der Waals surface area contributed by atoms with Gasteiger partial charge in [0.25, 0.3) is 0 Å². The second-order valence-corrected chi connectivity index (χ2v) is 8.37. The lowest BCUT2D eigenvalue weighted by atomic mass is 10.1. The summed E-state index contributed by atoms with van der Waals surface area (Å²) in [5.74, 6) is -0.0953. The summed E-state index contributed by atoms with van der Waals surface area (Å²) in [7, 11) is 0. The first-order valence-corrected chi connectivity index (χ1v) is 10.2. The van der Waals surface area contributed by atoms with Crippen LogP contribution in [0.15, 0.2) is 36.4 Å². The molecule has 2 rings (SSSR count). The van der Waals surface area contributed by atoms with Crippen LogP contribution in [0.5, 0.6) is 0 Å². The summed E-state index contributed by atoms with van der Waals surface area (Å²) in [4.78, 5) is 24.2. The molecule has 0 heterocycles. The maximum atomic E-state index is 12.2. The van der Waals surface area contributed by atoms with E-state index in [1.54, 1.807) is 0 Å². The maximum Gasteiger partial charge on any atom is 0.243 e. The van der Waals surface area contributed by atoms with E-state index in [2.05, 4.69) is 10.6 Å². The molecular formula is C21H25ClN2O2S. The molecule has 0 aliphatic heterocycles. The molecule has 0 spiro atoms. The third-order valence-electron chi connectivity index (χ3n) is 4.19. The van der Waals surface area contributed by atoms with E-state index in [4.69, 9.17) is 11.6 Å². The Morgan fingerprint density at radius 2 is 1.63 bits per heavy atom. The van der Waals surface area contributed by atoms with Gasteiger partial charge in [-0.25, -0.2) is 0 Å². The summed E-state index contributed by atoms with van der Waals surface area (Å²) in [6, 6.07) is 11.6. The maximum absolute atomic E-state index is 12.2. The van der Waals surface area contributed by atoms with E-state index in [1.807, 2.05) is 64.1 Å². The van der Waals surface area contributed by atoms with Crippen molar-refractivity contribution in [2.24, 2.45) is 0 Å². The molecule has 2 N–H and O–H groups in total. The number of aryl methyl sites for hydroxylation is 3. The number of carbonyl (C=O) groups is 2. The van der Waals surface area contributed by atoms with E-state index in [1.165, 1.54) is 11.8 Å². The number of anilines is 1. The monoisotopic (exact) mass is 404 g/mol. The number of carbonyl (C=O) groups excluding carboxylic acids is 2.